The Kier molecular flexibility index (Phi) is 10.1. The molecule has 1 aromatic heterocycles. The lowest BCUT2D eigenvalue weighted by Gasteiger charge is -2.11. The van der Waals surface area contributed by atoms with E-state index in [-0.39, 0.29) is 13.1 Å². The van der Waals surface area contributed by atoms with Gasteiger partial charge in [-0.25, -0.2) is 4.79 Å². The third-order valence-electron chi connectivity index (χ3n) is 5.96. The van der Waals surface area contributed by atoms with Crippen LogP contribution in [0, 0.1) is 0 Å². The first-order valence-corrected chi connectivity index (χ1v) is 13.5. The van der Waals surface area contributed by atoms with E-state index in [2.05, 4.69) is 21.2 Å². The number of nitrogens with zero attached hydrogens (tertiary/aromatic N) is 2. The lowest BCUT2D eigenvalue weighted by Crippen LogP contribution is -2.43. The molecule has 8 nitrogen and oxygen atoms in total. The van der Waals surface area contributed by atoms with E-state index in [1.807, 2.05) is 78.9 Å². The minimum Gasteiger partial charge on any atom is -0.494 e. The minimum atomic E-state index is -0.503. The van der Waals surface area contributed by atoms with Crippen LogP contribution < -0.4 is 26.0 Å². The van der Waals surface area contributed by atoms with Crippen LogP contribution >= 0.6 is 15.9 Å². The van der Waals surface area contributed by atoms with E-state index in [9.17, 15) is 14.4 Å². The number of hydrogen-bond acceptors (Lipinski definition) is 5. The van der Waals surface area contributed by atoms with E-state index in [1.165, 1.54) is 16.8 Å². The largest absolute Gasteiger partial charge is 0.494 e. The summed E-state index contributed by atoms with van der Waals surface area (Å²) in [6.07, 6.45) is 3.93. The molecule has 9 heteroatoms. The molecule has 0 aliphatic rings. The molecule has 0 atom stereocenters. The van der Waals surface area contributed by atoms with Crippen LogP contribution in [-0.2, 0) is 24.4 Å². The average Bonchev–Trinajstić information content (AvgIpc) is 2.95. The van der Waals surface area contributed by atoms with Crippen LogP contribution in [0.15, 0.2) is 105 Å². The Labute approximate surface area is 235 Å². The molecule has 1 N–H and O–H groups in total. The van der Waals surface area contributed by atoms with Crippen LogP contribution in [0.1, 0.15) is 24.8 Å². The smallest absolute Gasteiger partial charge is 0.331 e. The highest BCUT2D eigenvalue weighted by Gasteiger charge is 2.10. The number of benzene rings is 3. The highest BCUT2D eigenvalue weighted by atomic mass is 79.9. The first kappa shape index (κ1) is 27.9. The number of rotatable bonds is 13. The van der Waals surface area contributed by atoms with Gasteiger partial charge in [0.1, 0.15) is 23.8 Å². The van der Waals surface area contributed by atoms with Crippen molar-refractivity contribution in [3.63, 3.8) is 0 Å². The molecule has 1 heterocycles. The SMILES string of the molecule is O=C(Cn1c(=O)ccn(CCCCCOc2ccc(Br)cc2)c1=O)NCc1ccc(Oc2ccccc2)cc1. The number of halogens is 1. The molecule has 0 bridgehead atoms. The standard InChI is InChI=1S/C30H30BrN3O5/c31-24-11-15-25(16-12-24)38-20-6-2-5-18-33-19-17-29(36)34(30(33)37)22-28(35)32-21-23-9-13-27(14-10-23)39-26-7-3-1-4-8-26/h1,3-4,7-17,19H,2,5-6,18,20-22H2,(H,32,35). The second-order valence-corrected chi connectivity index (χ2v) is 9.83. The third kappa shape index (κ3) is 8.71. The molecular formula is C30H30BrN3O5. The molecule has 3 aromatic carbocycles. The van der Waals surface area contributed by atoms with Crippen molar-refractivity contribution in [2.45, 2.75) is 38.9 Å². The zero-order chi connectivity index (χ0) is 27.5. The van der Waals surface area contributed by atoms with Gasteiger partial charge in [0.05, 0.1) is 6.61 Å². The number of amides is 1. The molecule has 0 saturated heterocycles. The van der Waals surface area contributed by atoms with E-state index in [0.717, 1.165) is 45.4 Å². The van der Waals surface area contributed by atoms with Crippen LogP contribution in [0.25, 0.3) is 0 Å². The molecule has 39 heavy (non-hydrogen) atoms. The molecule has 0 radical (unpaired) electrons. The topological polar surface area (TPSA) is 91.6 Å². The van der Waals surface area contributed by atoms with Crippen molar-refractivity contribution in [1.29, 1.82) is 0 Å². The van der Waals surface area contributed by atoms with Crippen molar-refractivity contribution in [2.75, 3.05) is 6.61 Å². The lowest BCUT2D eigenvalue weighted by atomic mass is 10.2. The van der Waals surface area contributed by atoms with Gasteiger partial charge in [0.2, 0.25) is 5.91 Å². The van der Waals surface area contributed by atoms with Crippen molar-refractivity contribution in [3.8, 4) is 17.2 Å². The summed E-state index contributed by atoms with van der Waals surface area (Å²) in [4.78, 5) is 37.6. The summed E-state index contributed by atoms with van der Waals surface area (Å²) in [5, 5.41) is 2.77. The number of nitrogens with one attached hydrogen (secondary N) is 1. The number of hydrogen-bond donors (Lipinski definition) is 1. The minimum absolute atomic E-state index is 0.266. The van der Waals surface area contributed by atoms with Crippen LogP contribution in [0.5, 0.6) is 17.2 Å². The summed E-state index contributed by atoms with van der Waals surface area (Å²) in [5.41, 5.74) is -0.131. The van der Waals surface area contributed by atoms with Gasteiger partial charge in [-0.15, -0.1) is 0 Å². The highest BCUT2D eigenvalue weighted by molar-refractivity contribution is 9.10. The van der Waals surface area contributed by atoms with Crippen LogP contribution in [0.3, 0.4) is 0 Å². The number of ether oxygens (including phenoxy) is 2. The maximum absolute atomic E-state index is 12.8. The fourth-order valence-electron chi connectivity index (χ4n) is 3.85. The molecule has 1 amide bonds. The Morgan fingerprint density at radius 3 is 2.23 bits per heavy atom. The second-order valence-electron chi connectivity index (χ2n) is 8.91. The van der Waals surface area contributed by atoms with Gasteiger partial charge in [0.25, 0.3) is 5.56 Å². The van der Waals surface area contributed by atoms with E-state index >= 15 is 0 Å². The third-order valence-corrected chi connectivity index (χ3v) is 6.49. The second kappa shape index (κ2) is 14.2. The number of unbranched alkanes of at least 4 members (excludes halogenated alkanes) is 2. The first-order chi connectivity index (χ1) is 19.0. The van der Waals surface area contributed by atoms with Gasteiger partial charge in [-0.1, -0.05) is 46.3 Å². The van der Waals surface area contributed by atoms with Crippen LogP contribution in [0.4, 0.5) is 0 Å². The van der Waals surface area contributed by atoms with E-state index in [1.54, 1.807) is 0 Å². The normalized spacial score (nSPS) is 10.7. The number of carbonyl (C=O) groups is 1. The Morgan fingerprint density at radius 1 is 0.795 bits per heavy atom. The summed E-state index contributed by atoms with van der Waals surface area (Å²) in [7, 11) is 0. The number of aryl methyl sites for hydroxylation is 1. The van der Waals surface area contributed by atoms with Gasteiger partial charge < -0.3 is 19.4 Å². The monoisotopic (exact) mass is 591 g/mol. The Morgan fingerprint density at radius 2 is 1.49 bits per heavy atom. The van der Waals surface area contributed by atoms with Gasteiger partial charge in [0.15, 0.2) is 0 Å². The molecule has 0 spiro atoms. The Balaban J connectivity index is 1.22. The molecule has 4 aromatic rings. The molecule has 0 fully saturated rings. The number of carbonyl (C=O) groups excluding carboxylic acids is 1. The van der Waals surface area contributed by atoms with Crippen LogP contribution in [0.2, 0.25) is 0 Å². The molecule has 0 aliphatic heterocycles. The molecule has 0 saturated carbocycles. The fraction of sp³-hybridized carbons (Fsp3) is 0.233. The van der Waals surface area contributed by atoms with Gasteiger partial charge in [-0.05, 0) is 73.4 Å². The maximum Gasteiger partial charge on any atom is 0.331 e. The summed E-state index contributed by atoms with van der Waals surface area (Å²) in [6, 6.07) is 25.8. The molecular weight excluding hydrogens is 562 g/mol. The summed E-state index contributed by atoms with van der Waals surface area (Å²) < 4.78 is 14.9. The summed E-state index contributed by atoms with van der Waals surface area (Å²) >= 11 is 3.40. The Hall–Kier alpha value is -4.11. The lowest BCUT2D eigenvalue weighted by molar-refractivity contribution is -0.121. The van der Waals surface area contributed by atoms with Crippen molar-refractivity contribution in [1.82, 2.24) is 14.5 Å². The van der Waals surface area contributed by atoms with Gasteiger partial charge in [-0.3, -0.25) is 14.2 Å². The number of aromatic nitrogens is 2. The molecule has 0 unspecified atom stereocenters. The average molecular weight is 592 g/mol. The highest BCUT2D eigenvalue weighted by Crippen LogP contribution is 2.21. The summed E-state index contributed by atoms with van der Waals surface area (Å²) in [6.45, 7) is 0.965. The van der Waals surface area contributed by atoms with Crippen molar-refractivity contribution < 1.29 is 14.3 Å². The molecule has 202 valence electrons. The van der Waals surface area contributed by atoms with Crippen molar-refractivity contribution in [2.24, 2.45) is 0 Å². The van der Waals surface area contributed by atoms with Gasteiger partial charge >= 0.3 is 5.69 Å². The zero-order valence-corrected chi connectivity index (χ0v) is 23.0. The van der Waals surface area contributed by atoms with Crippen LogP contribution in [-0.4, -0.2) is 21.6 Å². The number of para-hydroxylation sites is 1. The zero-order valence-electron chi connectivity index (χ0n) is 21.4. The first-order valence-electron chi connectivity index (χ1n) is 12.7. The Bertz CT molecular complexity index is 1470. The fourth-order valence-corrected chi connectivity index (χ4v) is 4.12. The van der Waals surface area contributed by atoms with Gasteiger partial charge in [0, 0.05) is 29.8 Å². The molecule has 4 rings (SSSR count). The molecule has 0 aliphatic carbocycles. The summed E-state index contributed by atoms with van der Waals surface area (Å²) in [5.74, 6) is 1.82. The van der Waals surface area contributed by atoms with E-state index < -0.39 is 17.2 Å². The van der Waals surface area contributed by atoms with Crippen molar-refractivity contribution >= 4 is 21.8 Å². The quantitative estimate of drug-likeness (QED) is 0.218. The van der Waals surface area contributed by atoms with Crippen molar-refractivity contribution in [3.05, 3.63) is 122 Å². The predicted molar refractivity (Wildman–Crippen MR) is 153 cm³/mol. The van der Waals surface area contributed by atoms with E-state index in [4.69, 9.17) is 9.47 Å². The predicted octanol–water partition coefficient (Wildman–Crippen LogP) is 5.13. The van der Waals surface area contributed by atoms with Gasteiger partial charge in [-0.2, -0.15) is 0 Å². The van der Waals surface area contributed by atoms with E-state index in [0.29, 0.717) is 18.9 Å². The maximum atomic E-state index is 12.8.